The zero-order chi connectivity index (χ0) is 19.2. The summed E-state index contributed by atoms with van der Waals surface area (Å²) >= 11 is 3.13. The van der Waals surface area contributed by atoms with Crippen LogP contribution in [0.3, 0.4) is 0 Å². The molecule has 2 aliphatic heterocycles. The molecule has 0 spiro atoms. The van der Waals surface area contributed by atoms with E-state index in [0.717, 1.165) is 16.3 Å². The van der Waals surface area contributed by atoms with Crippen LogP contribution in [0.15, 0.2) is 41.3 Å². The highest BCUT2D eigenvalue weighted by Gasteiger charge is 2.35. The SMILES string of the molecule is CCOC(=O)NC(=O)C1CCSC1NC(=O)C=CC1Nc2ccccc2S1. The molecule has 3 N–H and O–H groups in total. The number of thioether (sulfide) groups is 2. The molecule has 7 nitrogen and oxygen atoms in total. The number of benzene rings is 1. The van der Waals surface area contributed by atoms with E-state index in [1.54, 1.807) is 24.8 Å². The van der Waals surface area contributed by atoms with Crippen LogP contribution >= 0.6 is 23.5 Å². The lowest BCUT2D eigenvalue weighted by Gasteiger charge is -2.18. The molecule has 3 amide bonds. The molecule has 1 saturated heterocycles. The second-order valence-corrected chi connectivity index (χ2v) is 8.38. The van der Waals surface area contributed by atoms with Gasteiger partial charge in [-0.25, -0.2) is 4.79 Å². The lowest BCUT2D eigenvalue weighted by Crippen LogP contribution is -2.44. The van der Waals surface area contributed by atoms with Crippen LogP contribution in [0.1, 0.15) is 13.3 Å². The number of amides is 3. The van der Waals surface area contributed by atoms with Crippen molar-refractivity contribution in [1.29, 1.82) is 0 Å². The summed E-state index contributed by atoms with van der Waals surface area (Å²) in [6, 6.07) is 7.97. The average molecular weight is 408 g/mol. The van der Waals surface area contributed by atoms with Crippen molar-refractivity contribution in [3.05, 3.63) is 36.4 Å². The molecule has 0 radical (unpaired) electrons. The summed E-state index contributed by atoms with van der Waals surface area (Å²) in [4.78, 5) is 37.0. The molecule has 2 heterocycles. The first kappa shape index (κ1) is 19.6. The number of alkyl carbamates (subject to hydrolysis) is 1. The minimum absolute atomic E-state index is 0.00714. The summed E-state index contributed by atoms with van der Waals surface area (Å²) in [5, 5.41) is 8.01. The maximum Gasteiger partial charge on any atom is 0.413 e. The highest BCUT2D eigenvalue weighted by atomic mass is 32.2. The minimum Gasteiger partial charge on any atom is -0.450 e. The molecule has 27 heavy (non-hydrogen) atoms. The molecule has 3 rings (SSSR count). The third-order valence-corrected chi connectivity index (χ3v) is 6.49. The molecule has 3 atom stereocenters. The normalized spacial score (nSPS) is 23.5. The maximum absolute atomic E-state index is 12.2. The van der Waals surface area contributed by atoms with Crippen LogP contribution in [0.5, 0.6) is 0 Å². The quantitative estimate of drug-likeness (QED) is 0.646. The van der Waals surface area contributed by atoms with E-state index in [1.165, 1.54) is 17.8 Å². The molecule has 0 aromatic heterocycles. The molecule has 9 heteroatoms. The van der Waals surface area contributed by atoms with Gasteiger partial charge in [-0.2, -0.15) is 0 Å². The van der Waals surface area contributed by atoms with Crippen molar-refractivity contribution in [2.45, 2.75) is 29.0 Å². The molecule has 0 aliphatic carbocycles. The van der Waals surface area contributed by atoms with Gasteiger partial charge in [0, 0.05) is 16.7 Å². The van der Waals surface area contributed by atoms with E-state index < -0.39 is 17.9 Å². The number of nitrogens with one attached hydrogen (secondary N) is 3. The molecule has 0 saturated carbocycles. The number of carbonyl (C=O) groups is 3. The Morgan fingerprint density at radius 1 is 1.33 bits per heavy atom. The summed E-state index contributed by atoms with van der Waals surface area (Å²) in [7, 11) is 0. The van der Waals surface area contributed by atoms with E-state index in [2.05, 4.69) is 16.0 Å². The summed E-state index contributed by atoms with van der Waals surface area (Å²) in [6.07, 6.45) is 3.12. The number of hydrogen-bond acceptors (Lipinski definition) is 7. The molecule has 3 unspecified atom stereocenters. The Morgan fingerprint density at radius 2 is 2.15 bits per heavy atom. The second kappa shape index (κ2) is 9.18. The Morgan fingerprint density at radius 3 is 2.93 bits per heavy atom. The van der Waals surface area contributed by atoms with Crippen LogP contribution in [0.25, 0.3) is 0 Å². The van der Waals surface area contributed by atoms with Crippen molar-refractivity contribution in [1.82, 2.24) is 10.6 Å². The van der Waals surface area contributed by atoms with Crippen LogP contribution in [-0.2, 0) is 14.3 Å². The van der Waals surface area contributed by atoms with Gasteiger partial charge in [-0.05, 0) is 37.3 Å². The van der Waals surface area contributed by atoms with Crippen molar-refractivity contribution in [2.75, 3.05) is 17.7 Å². The highest BCUT2D eigenvalue weighted by molar-refractivity contribution is 8.00. The Balaban J connectivity index is 1.50. The summed E-state index contributed by atoms with van der Waals surface area (Å²) < 4.78 is 4.73. The van der Waals surface area contributed by atoms with E-state index >= 15 is 0 Å². The van der Waals surface area contributed by atoms with E-state index in [0.29, 0.717) is 6.42 Å². The van der Waals surface area contributed by atoms with Gasteiger partial charge in [-0.15, -0.1) is 11.8 Å². The van der Waals surface area contributed by atoms with Gasteiger partial charge >= 0.3 is 6.09 Å². The fraction of sp³-hybridized carbons (Fsp3) is 0.389. The van der Waals surface area contributed by atoms with Gasteiger partial charge in [0.05, 0.1) is 23.3 Å². The number of anilines is 1. The Bertz CT molecular complexity index is 731. The topological polar surface area (TPSA) is 96.5 Å². The molecule has 1 aromatic rings. The van der Waals surface area contributed by atoms with Crippen LogP contribution in [0.4, 0.5) is 10.5 Å². The van der Waals surface area contributed by atoms with E-state index in [9.17, 15) is 14.4 Å². The monoisotopic (exact) mass is 407 g/mol. The van der Waals surface area contributed by atoms with Gasteiger partial charge in [0.25, 0.3) is 0 Å². The summed E-state index contributed by atoms with van der Waals surface area (Å²) in [6.45, 7) is 1.86. The zero-order valence-electron chi connectivity index (χ0n) is 14.8. The zero-order valence-corrected chi connectivity index (χ0v) is 16.4. The first-order valence-electron chi connectivity index (χ1n) is 8.67. The van der Waals surface area contributed by atoms with Crippen molar-refractivity contribution in [3.8, 4) is 0 Å². The number of fused-ring (bicyclic) bond motifs is 1. The second-order valence-electron chi connectivity index (χ2n) is 5.94. The smallest absolute Gasteiger partial charge is 0.413 e. The molecule has 0 bridgehead atoms. The number of imide groups is 1. The minimum atomic E-state index is -0.756. The van der Waals surface area contributed by atoms with Gasteiger partial charge < -0.3 is 15.4 Å². The van der Waals surface area contributed by atoms with Gasteiger partial charge in [0.2, 0.25) is 11.8 Å². The Kier molecular flexibility index (Phi) is 6.68. The number of para-hydroxylation sites is 1. The van der Waals surface area contributed by atoms with E-state index in [4.69, 9.17) is 4.74 Å². The molecular formula is C18H21N3O4S2. The molecule has 144 valence electrons. The Labute approximate surface area is 166 Å². The van der Waals surface area contributed by atoms with Crippen molar-refractivity contribution >= 4 is 47.1 Å². The third kappa shape index (κ3) is 5.20. The summed E-state index contributed by atoms with van der Waals surface area (Å²) in [5.74, 6) is -0.400. The van der Waals surface area contributed by atoms with Crippen LogP contribution in [-0.4, -0.2) is 41.0 Å². The number of hydrogen-bond donors (Lipinski definition) is 3. The van der Waals surface area contributed by atoms with Gasteiger partial charge in [-0.1, -0.05) is 23.9 Å². The number of carbonyl (C=O) groups excluding carboxylic acids is 3. The van der Waals surface area contributed by atoms with Gasteiger partial charge in [-0.3, -0.25) is 14.9 Å². The number of rotatable bonds is 5. The predicted molar refractivity (Wildman–Crippen MR) is 107 cm³/mol. The van der Waals surface area contributed by atoms with E-state index in [1.807, 2.05) is 24.3 Å². The first-order valence-corrected chi connectivity index (χ1v) is 10.6. The lowest BCUT2D eigenvalue weighted by atomic mass is 10.1. The largest absolute Gasteiger partial charge is 0.450 e. The molecule has 1 aromatic carbocycles. The lowest BCUT2D eigenvalue weighted by molar-refractivity contribution is -0.124. The van der Waals surface area contributed by atoms with Crippen LogP contribution in [0.2, 0.25) is 0 Å². The fourth-order valence-corrected chi connectivity index (χ4v) is 5.18. The standard InChI is InChI=1S/C18H21N3O4S2/c1-2-25-18(24)21-16(23)11-9-10-26-17(11)20-14(22)7-8-15-19-12-5-3-4-6-13(12)27-15/h3-8,11,15,17,19H,2,9-10H2,1H3,(H,20,22)(H,21,23,24). The third-order valence-electron chi connectivity index (χ3n) is 4.07. The predicted octanol–water partition coefficient (Wildman–Crippen LogP) is 2.55. The van der Waals surface area contributed by atoms with Crippen LogP contribution in [0, 0.1) is 5.92 Å². The maximum atomic E-state index is 12.2. The van der Waals surface area contributed by atoms with Gasteiger partial charge in [0.1, 0.15) is 0 Å². The molecule has 1 fully saturated rings. The van der Waals surface area contributed by atoms with Crippen LogP contribution < -0.4 is 16.0 Å². The molecule has 2 aliphatic rings. The van der Waals surface area contributed by atoms with Crippen molar-refractivity contribution < 1.29 is 19.1 Å². The first-order chi connectivity index (χ1) is 13.1. The highest BCUT2D eigenvalue weighted by Crippen LogP contribution is 2.38. The van der Waals surface area contributed by atoms with E-state index in [-0.39, 0.29) is 23.3 Å². The Hall–Kier alpha value is -2.13. The fourth-order valence-electron chi connectivity index (χ4n) is 2.82. The molecular weight excluding hydrogens is 386 g/mol. The average Bonchev–Trinajstić information content (AvgIpc) is 3.26. The van der Waals surface area contributed by atoms with Gasteiger partial charge in [0.15, 0.2) is 0 Å². The van der Waals surface area contributed by atoms with Crippen molar-refractivity contribution in [3.63, 3.8) is 0 Å². The van der Waals surface area contributed by atoms with Crippen molar-refractivity contribution in [2.24, 2.45) is 5.92 Å². The summed E-state index contributed by atoms with van der Waals surface area (Å²) in [5.41, 5.74) is 1.06. The number of ether oxygens (including phenoxy) is 1.